The number of pyridine rings is 1. The van der Waals surface area contributed by atoms with Gasteiger partial charge >= 0.3 is 12.1 Å². The molecule has 1 saturated carbocycles. The van der Waals surface area contributed by atoms with Gasteiger partial charge < -0.3 is 24.0 Å². The van der Waals surface area contributed by atoms with Gasteiger partial charge in [-0.3, -0.25) is 4.79 Å². The first-order valence-electron chi connectivity index (χ1n) is 15.2. The Bertz CT molecular complexity index is 1550. The predicted octanol–water partition coefficient (Wildman–Crippen LogP) is 5.97. The normalized spacial score (nSPS) is 21.0. The Morgan fingerprint density at radius 2 is 1.79 bits per heavy atom. The number of amides is 1. The minimum atomic E-state index is -0.506. The van der Waals surface area contributed by atoms with Gasteiger partial charge in [-0.15, -0.1) is 0 Å². The number of rotatable bonds is 6. The number of esters is 1. The standard InChI is InChI=1S/C35H41N3O5/c1-23-8-6-9-28(29-10-7-11-30(36-29)38-20-27-19-35(27,22-38)32(39)41-5)31(23)42-21-24-12-13-25-14-16-37(17-15-26(25)18-24)33(40)43-34(2,3)4/h6-13,18,27H,14-17,19-22H2,1-5H3/t27-,35-/m0/s1. The van der Waals surface area contributed by atoms with Crippen molar-refractivity contribution in [1.29, 1.82) is 0 Å². The van der Waals surface area contributed by atoms with Crippen molar-refractivity contribution >= 4 is 17.9 Å². The Morgan fingerprint density at radius 3 is 2.56 bits per heavy atom. The molecule has 226 valence electrons. The van der Waals surface area contributed by atoms with E-state index in [1.807, 2.05) is 56.0 Å². The molecule has 1 saturated heterocycles. The number of benzene rings is 2. The van der Waals surface area contributed by atoms with Crippen molar-refractivity contribution in [3.63, 3.8) is 0 Å². The van der Waals surface area contributed by atoms with Crippen LogP contribution >= 0.6 is 0 Å². The average molecular weight is 584 g/mol. The Kier molecular flexibility index (Phi) is 7.57. The summed E-state index contributed by atoms with van der Waals surface area (Å²) in [6.45, 7) is 10.9. The highest BCUT2D eigenvalue weighted by Crippen LogP contribution is 2.59. The van der Waals surface area contributed by atoms with Crippen LogP contribution in [-0.4, -0.2) is 60.8 Å². The van der Waals surface area contributed by atoms with Crippen LogP contribution in [0.2, 0.25) is 0 Å². The first kappa shape index (κ1) is 29.0. The molecule has 0 spiro atoms. The zero-order chi connectivity index (χ0) is 30.4. The number of carbonyl (C=O) groups excluding carboxylic acids is 2. The molecule has 2 aromatic carbocycles. The molecule has 3 heterocycles. The fourth-order valence-corrected chi connectivity index (χ4v) is 6.51. The number of carbonyl (C=O) groups is 2. The second-order valence-corrected chi connectivity index (χ2v) is 13.1. The van der Waals surface area contributed by atoms with Gasteiger partial charge in [0.25, 0.3) is 0 Å². The van der Waals surface area contributed by atoms with Gasteiger partial charge in [-0.05, 0) is 93.3 Å². The van der Waals surface area contributed by atoms with Crippen LogP contribution in [-0.2, 0) is 33.7 Å². The zero-order valence-corrected chi connectivity index (χ0v) is 25.8. The number of fused-ring (bicyclic) bond motifs is 2. The summed E-state index contributed by atoms with van der Waals surface area (Å²) in [7, 11) is 1.47. The van der Waals surface area contributed by atoms with Gasteiger partial charge in [0.2, 0.25) is 0 Å². The summed E-state index contributed by atoms with van der Waals surface area (Å²) in [5.41, 5.74) is 5.55. The van der Waals surface area contributed by atoms with E-state index in [9.17, 15) is 9.59 Å². The molecular weight excluding hydrogens is 542 g/mol. The number of hydrogen-bond donors (Lipinski definition) is 0. The number of methoxy groups -OCH3 is 1. The van der Waals surface area contributed by atoms with Gasteiger partial charge in [0, 0.05) is 31.7 Å². The summed E-state index contributed by atoms with van der Waals surface area (Å²) in [5, 5.41) is 0. The van der Waals surface area contributed by atoms with E-state index in [2.05, 4.69) is 36.1 Å². The molecule has 3 aromatic rings. The van der Waals surface area contributed by atoms with Crippen LogP contribution in [0.4, 0.5) is 10.6 Å². The summed E-state index contributed by atoms with van der Waals surface area (Å²) in [5.74, 6) is 1.91. The minimum absolute atomic E-state index is 0.108. The number of aromatic nitrogens is 1. The summed E-state index contributed by atoms with van der Waals surface area (Å²) in [6.07, 6.45) is 2.23. The Morgan fingerprint density at radius 1 is 1.02 bits per heavy atom. The van der Waals surface area contributed by atoms with Crippen LogP contribution in [0.3, 0.4) is 0 Å². The third-order valence-electron chi connectivity index (χ3n) is 8.89. The van der Waals surface area contributed by atoms with Gasteiger partial charge in [0.15, 0.2) is 0 Å². The van der Waals surface area contributed by atoms with E-state index in [1.54, 1.807) is 0 Å². The Hall–Kier alpha value is -4.07. The Labute approximate surface area is 254 Å². The number of piperidine rings is 1. The number of aryl methyl sites for hydroxylation is 1. The SMILES string of the molecule is COC(=O)[C@]12C[C@H]1CN(c1cccc(-c3cccc(C)c3OCc3ccc4c(c3)CCN(C(=O)OC(C)(C)C)CC4)n1)C2. The van der Waals surface area contributed by atoms with Crippen LogP contribution < -0.4 is 9.64 Å². The highest BCUT2D eigenvalue weighted by molar-refractivity contribution is 5.83. The molecule has 43 heavy (non-hydrogen) atoms. The third-order valence-corrected chi connectivity index (χ3v) is 8.89. The Balaban J connectivity index is 1.16. The van der Waals surface area contributed by atoms with Crippen molar-refractivity contribution in [2.75, 3.05) is 38.2 Å². The van der Waals surface area contributed by atoms with E-state index in [0.29, 0.717) is 32.2 Å². The van der Waals surface area contributed by atoms with E-state index in [0.717, 1.165) is 59.8 Å². The second-order valence-electron chi connectivity index (χ2n) is 13.1. The minimum Gasteiger partial charge on any atom is -0.488 e. The number of para-hydroxylation sites is 1. The summed E-state index contributed by atoms with van der Waals surface area (Å²) in [4.78, 5) is 34.1. The van der Waals surface area contributed by atoms with Crippen molar-refractivity contribution in [3.8, 4) is 17.0 Å². The molecule has 6 rings (SSSR count). The van der Waals surface area contributed by atoms with Crippen molar-refractivity contribution in [2.45, 2.75) is 59.2 Å². The highest BCUT2D eigenvalue weighted by atomic mass is 16.6. The molecule has 1 amide bonds. The summed E-state index contributed by atoms with van der Waals surface area (Å²) >= 11 is 0. The van der Waals surface area contributed by atoms with Crippen LogP contribution in [0.25, 0.3) is 11.3 Å². The molecule has 8 heteroatoms. The van der Waals surface area contributed by atoms with E-state index < -0.39 is 5.60 Å². The lowest BCUT2D eigenvalue weighted by atomic mass is 10.0. The molecule has 0 radical (unpaired) electrons. The lowest BCUT2D eigenvalue weighted by Gasteiger charge is -2.26. The van der Waals surface area contributed by atoms with Crippen molar-refractivity contribution in [1.82, 2.24) is 9.88 Å². The number of ether oxygens (including phenoxy) is 3. The van der Waals surface area contributed by atoms with Crippen molar-refractivity contribution in [2.24, 2.45) is 11.3 Å². The lowest BCUT2D eigenvalue weighted by Crippen LogP contribution is -2.38. The molecule has 2 fully saturated rings. The van der Waals surface area contributed by atoms with Gasteiger partial charge in [-0.2, -0.15) is 0 Å². The summed E-state index contributed by atoms with van der Waals surface area (Å²) in [6, 6.07) is 18.7. The number of hydrogen-bond acceptors (Lipinski definition) is 7. The highest BCUT2D eigenvalue weighted by Gasteiger charge is 2.66. The predicted molar refractivity (Wildman–Crippen MR) is 165 cm³/mol. The molecule has 1 aromatic heterocycles. The molecule has 0 unspecified atom stereocenters. The maximum Gasteiger partial charge on any atom is 0.410 e. The van der Waals surface area contributed by atoms with E-state index in [-0.39, 0.29) is 17.5 Å². The molecule has 8 nitrogen and oxygen atoms in total. The van der Waals surface area contributed by atoms with Crippen molar-refractivity contribution < 1.29 is 23.8 Å². The summed E-state index contributed by atoms with van der Waals surface area (Å²) < 4.78 is 17.2. The molecule has 3 aliphatic rings. The third kappa shape index (κ3) is 5.92. The van der Waals surface area contributed by atoms with Gasteiger partial charge in [0.05, 0.1) is 18.2 Å². The molecule has 0 N–H and O–H groups in total. The maximum absolute atomic E-state index is 12.6. The first-order chi connectivity index (χ1) is 20.6. The van der Waals surface area contributed by atoms with Crippen LogP contribution in [0.1, 0.15) is 49.4 Å². The van der Waals surface area contributed by atoms with E-state index >= 15 is 0 Å². The zero-order valence-electron chi connectivity index (χ0n) is 25.8. The van der Waals surface area contributed by atoms with Crippen LogP contribution in [0.5, 0.6) is 5.75 Å². The topological polar surface area (TPSA) is 81.2 Å². The van der Waals surface area contributed by atoms with Crippen molar-refractivity contribution in [3.05, 3.63) is 76.9 Å². The van der Waals surface area contributed by atoms with E-state index in [1.165, 1.54) is 18.2 Å². The average Bonchev–Trinajstić information content (AvgIpc) is 3.62. The monoisotopic (exact) mass is 583 g/mol. The lowest BCUT2D eigenvalue weighted by molar-refractivity contribution is -0.146. The molecule has 2 aliphatic heterocycles. The smallest absolute Gasteiger partial charge is 0.410 e. The molecule has 0 bridgehead atoms. The fourth-order valence-electron chi connectivity index (χ4n) is 6.51. The number of nitrogens with zero attached hydrogens (tertiary/aromatic N) is 3. The van der Waals surface area contributed by atoms with E-state index in [4.69, 9.17) is 19.2 Å². The fraction of sp³-hybridized carbons (Fsp3) is 0.457. The van der Waals surface area contributed by atoms with Gasteiger partial charge in [-0.25, -0.2) is 9.78 Å². The van der Waals surface area contributed by atoms with Crippen LogP contribution in [0.15, 0.2) is 54.6 Å². The second kappa shape index (κ2) is 11.2. The molecule has 1 aliphatic carbocycles. The van der Waals surface area contributed by atoms with Crippen LogP contribution in [0, 0.1) is 18.3 Å². The van der Waals surface area contributed by atoms with Gasteiger partial charge in [-0.1, -0.05) is 36.4 Å². The first-order valence-corrected chi connectivity index (χ1v) is 15.2. The number of anilines is 1. The van der Waals surface area contributed by atoms with Gasteiger partial charge in [0.1, 0.15) is 23.8 Å². The quantitative estimate of drug-likeness (QED) is 0.331. The maximum atomic E-state index is 12.6. The largest absolute Gasteiger partial charge is 0.488 e. The molecule has 2 atom stereocenters. The molecular formula is C35H41N3O5.